The van der Waals surface area contributed by atoms with Crippen molar-refractivity contribution in [3.05, 3.63) is 115 Å². The Hall–Kier alpha value is -4.57. The summed E-state index contributed by atoms with van der Waals surface area (Å²) in [6.45, 7) is 0. The third-order valence-corrected chi connectivity index (χ3v) is 6.41. The summed E-state index contributed by atoms with van der Waals surface area (Å²) in [6.07, 6.45) is 0. The van der Waals surface area contributed by atoms with E-state index in [2.05, 4.69) is 52.3 Å². The van der Waals surface area contributed by atoms with Gasteiger partial charge in [0.25, 0.3) is 0 Å². The second-order valence-electron chi connectivity index (χ2n) is 8.50. The fraction of sp³-hybridized carbons (Fsp3) is 0. The zero-order valence-electron chi connectivity index (χ0n) is 18.1. The van der Waals surface area contributed by atoms with E-state index in [-0.39, 0.29) is 5.82 Å². The fourth-order valence-corrected chi connectivity index (χ4v) is 4.90. The molecule has 0 bridgehead atoms. The number of nitrogens with one attached hydrogen (secondary N) is 1. The van der Waals surface area contributed by atoms with Crippen molar-refractivity contribution in [3.8, 4) is 5.69 Å². The molecule has 162 valence electrons. The molecule has 0 aliphatic rings. The van der Waals surface area contributed by atoms with Crippen LogP contribution in [0.25, 0.3) is 49.4 Å². The van der Waals surface area contributed by atoms with Crippen LogP contribution in [0.4, 0.5) is 15.8 Å². The summed E-state index contributed by atoms with van der Waals surface area (Å²) < 4.78 is 22.4. The van der Waals surface area contributed by atoms with Crippen LogP contribution in [0.1, 0.15) is 0 Å². The molecule has 1 N–H and O–H groups in total. The van der Waals surface area contributed by atoms with E-state index in [0.29, 0.717) is 0 Å². The molecule has 3 nitrogen and oxygen atoms in total. The number of nitrogens with zero attached hydrogens (tertiary/aromatic N) is 1. The molecule has 0 spiro atoms. The maximum Gasteiger partial charge on any atom is 0.135 e. The number of halogens is 1. The molecule has 2 heterocycles. The van der Waals surface area contributed by atoms with Crippen LogP contribution in [0.3, 0.4) is 0 Å². The van der Waals surface area contributed by atoms with Crippen LogP contribution in [-0.4, -0.2) is 4.57 Å². The molecule has 0 unspecified atom stereocenters. The molecule has 34 heavy (non-hydrogen) atoms. The molecule has 2 aromatic heterocycles. The Kier molecular flexibility index (Phi) is 4.02. The zero-order valence-corrected chi connectivity index (χ0v) is 18.1. The van der Waals surface area contributed by atoms with Crippen molar-refractivity contribution >= 4 is 55.1 Å². The molecule has 0 fully saturated rings. The average molecular weight is 442 g/mol. The van der Waals surface area contributed by atoms with Gasteiger partial charge in [0.2, 0.25) is 0 Å². The summed E-state index contributed by atoms with van der Waals surface area (Å²) >= 11 is 0. The molecule has 4 heteroatoms. The molecule has 7 rings (SSSR count). The summed E-state index contributed by atoms with van der Waals surface area (Å²) in [5, 5.41) is 7.58. The maximum atomic E-state index is 14.2. The van der Waals surface area contributed by atoms with Crippen molar-refractivity contribution in [2.75, 3.05) is 5.32 Å². The first-order valence-electron chi connectivity index (χ1n) is 11.2. The highest BCUT2D eigenvalue weighted by Crippen LogP contribution is 2.36. The minimum absolute atomic E-state index is 0.240. The highest BCUT2D eigenvalue weighted by Gasteiger charge is 2.14. The summed E-state index contributed by atoms with van der Waals surface area (Å²) in [4.78, 5) is 0. The molecule has 0 radical (unpaired) electrons. The van der Waals surface area contributed by atoms with Gasteiger partial charge in [-0.05, 0) is 72.8 Å². The predicted octanol–water partition coefficient (Wildman–Crippen LogP) is 8.57. The first-order chi connectivity index (χ1) is 16.7. The Morgan fingerprint density at radius 1 is 0.559 bits per heavy atom. The Balaban J connectivity index is 1.38. The average Bonchev–Trinajstić information content (AvgIpc) is 3.39. The van der Waals surface area contributed by atoms with Gasteiger partial charge in [0, 0.05) is 38.6 Å². The Morgan fingerprint density at radius 2 is 1.21 bits per heavy atom. The van der Waals surface area contributed by atoms with Crippen molar-refractivity contribution in [1.82, 2.24) is 4.57 Å². The van der Waals surface area contributed by atoms with E-state index in [1.807, 2.05) is 54.6 Å². The number of fused-ring (bicyclic) bond motifs is 6. The monoisotopic (exact) mass is 442 g/mol. The molecule has 0 aliphatic heterocycles. The molecule has 0 saturated heterocycles. The number of anilines is 2. The smallest absolute Gasteiger partial charge is 0.135 e. The molecule has 7 aromatic rings. The lowest BCUT2D eigenvalue weighted by Gasteiger charge is -2.09. The first kappa shape index (κ1) is 18.9. The van der Waals surface area contributed by atoms with Gasteiger partial charge in [0.15, 0.2) is 0 Å². The van der Waals surface area contributed by atoms with Crippen LogP contribution >= 0.6 is 0 Å². The van der Waals surface area contributed by atoms with Crippen molar-refractivity contribution in [2.45, 2.75) is 0 Å². The molecule has 0 saturated carbocycles. The molecule has 0 amide bonds. The quantitative estimate of drug-likeness (QED) is 0.297. The Labute approximate surface area is 194 Å². The molecular formula is C30H19FN2O. The van der Waals surface area contributed by atoms with E-state index in [1.54, 1.807) is 6.07 Å². The van der Waals surface area contributed by atoms with Gasteiger partial charge in [-0.25, -0.2) is 4.39 Å². The lowest BCUT2D eigenvalue weighted by atomic mass is 10.1. The summed E-state index contributed by atoms with van der Waals surface area (Å²) in [7, 11) is 0. The summed E-state index contributed by atoms with van der Waals surface area (Å²) in [6, 6.07) is 35.6. The number of benzene rings is 5. The van der Waals surface area contributed by atoms with Crippen LogP contribution < -0.4 is 5.32 Å². The van der Waals surface area contributed by atoms with Gasteiger partial charge in [0.1, 0.15) is 17.0 Å². The Morgan fingerprint density at radius 3 is 2.06 bits per heavy atom. The summed E-state index contributed by atoms with van der Waals surface area (Å²) in [5.41, 5.74) is 6.72. The van der Waals surface area contributed by atoms with Gasteiger partial charge in [-0.2, -0.15) is 0 Å². The van der Waals surface area contributed by atoms with Crippen LogP contribution in [0.15, 0.2) is 114 Å². The SMILES string of the molecule is Fc1ccc2c(c1)c1cc(Nc3ccc4oc5ccccc5c4c3)ccc1n2-c1ccccc1. The third-order valence-electron chi connectivity index (χ3n) is 6.41. The highest BCUT2D eigenvalue weighted by molar-refractivity contribution is 6.10. The summed E-state index contributed by atoms with van der Waals surface area (Å²) in [5.74, 6) is -0.240. The van der Waals surface area contributed by atoms with Crippen LogP contribution in [0.2, 0.25) is 0 Å². The number of aromatic nitrogens is 1. The highest BCUT2D eigenvalue weighted by atomic mass is 19.1. The van der Waals surface area contributed by atoms with Crippen LogP contribution in [-0.2, 0) is 0 Å². The second-order valence-corrected chi connectivity index (χ2v) is 8.50. The van der Waals surface area contributed by atoms with Crippen molar-refractivity contribution in [1.29, 1.82) is 0 Å². The van der Waals surface area contributed by atoms with E-state index in [0.717, 1.165) is 60.8 Å². The van der Waals surface area contributed by atoms with Gasteiger partial charge < -0.3 is 14.3 Å². The normalized spacial score (nSPS) is 11.7. The van der Waals surface area contributed by atoms with Crippen molar-refractivity contribution in [2.24, 2.45) is 0 Å². The van der Waals surface area contributed by atoms with Gasteiger partial charge in [-0.15, -0.1) is 0 Å². The maximum absolute atomic E-state index is 14.2. The van der Waals surface area contributed by atoms with Crippen molar-refractivity contribution < 1.29 is 8.81 Å². The molecular weight excluding hydrogens is 423 g/mol. The third kappa shape index (κ3) is 2.89. The lowest BCUT2D eigenvalue weighted by molar-refractivity contribution is 0.629. The molecule has 5 aromatic carbocycles. The largest absolute Gasteiger partial charge is 0.456 e. The van der Waals surface area contributed by atoms with Gasteiger partial charge >= 0.3 is 0 Å². The van der Waals surface area contributed by atoms with Crippen molar-refractivity contribution in [3.63, 3.8) is 0 Å². The number of furan rings is 1. The number of hydrogen-bond donors (Lipinski definition) is 1. The lowest BCUT2D eigenvalue weighted by Crippen LogP contribution is -1.94. The number of para-hydroxylation sites is 2. The van der Waals surface area contributed by atoms with Gasteiger partial charge in [0.05, 0.1) is 11.0 Å². The second kappa shape index (κ2) is 7.22. The van der Waals surface area contributed by atoms with E-state index in [4.69, 9.17) is 4.42 Å². The first-order valence-corrected chi connectivity index (χ1v) is 11.2. The number of rotatable bonds is 3. The van der Waals surface area contributed by atoms with E-state index in [9.17, 15) is 4.39 Å². The standard InChI is InChI=1S/C30H19FN2O/c31-19-10-13-27-24(16-19)25-17-20(11-14-28(25)33(27)22-6-2-1-3-7-22)32-21-12-15-30-26(18-21)23-8-4-5-9-29(23)34-30/h1-18,32H. The minimum Gasteiger partial charge on any atom is -0.456 e. The predicted molar refractivity (Wildman–Crippen MR) is 138 cm³/mol. The molecule has 0 atom stereocenters. The van der Waals surface area contributed by atoms with E-state index >= 15 is 0 Å². The Bertz CT molecular complexity index is 1850. The van der Waals surface area contributed by atoms with Gasteiger partial charge in [-0.1, -0.05) is 36.4 Å². The van der Waals surface area contributed by atoms with Crippen LogP contribution in [0.5, 0.6) is 0 Å². The fourth-order valence-electron chi connectivity index (χ4n) is 4.90. The topological polar surface area (TPSA) is 30.1 Å². The minimum atomic E-state index is -0.240. The zero-order chi connectivity index (χ0) is 22.6. The number of hydrogen-bond acceptors (Lipinski definition) is 2. The van der Waals surface area contributed by atoms with Gasteiger partial charge in [-0.3, -0.25) is 0 Å². The van der Waals surface area contributed by atoms with E-state index < -0.39 is 0 Å². The van der Waals surface area contributed by atoms with Crippen LogP contribution in [0, 0.1) is 5.82 Å². The van der Waals surface area contributed by atoms with E-state index in [1.165, 1.54) is 6.07 Å². The molecule has 0 aliphatic carbocycles.